The van der Waals surface area contributed by atoms with E-state index in [1.807, 2.05) is 13.8 Å². The van der Waals surface area contributed by atoms with Gasteiger partial charge in [0.1, 0.15) is 5.82 Å². The molecule has 1 fully saturated rings. The Labute approximate surface area is 145 Å². The highest BCUT2D eigenvalue weighted by molar-refractivity contribution is 7.91. The highest BCUT2D eigenvalue weighted by Gasteiger charge is 2.31. The van der Waals surface area contributed by atoms with E-state index in [1.165, 1.54) is 6.07 Å². The molecule has 0 radical (unpaired) electrons. The molecule has 0 unspecified atom stereocenters. The first-order valence-electron chi connectivity index (χ1n) is 7.97. The smallest absolute Gasteiger partial charge is 0.273 e. The van der Waals surface area contributed by atoms with Gasteiger partial charge in [-0.25, -0.2) is 8.42 Å². The molecule has 1 saturated heterocycles. The average molecular weight is 363 g/mol. The Balaban J connectivity index is 1.96. The highest BCUT2D eigenvalue weighted by atomic mass is 32.2. The molecule has 8 nitrogen and oxygen atoms in total. The fourth-order valence-electron chi connectivity index (χ4n) is 3.14. The van der Waals surface area contributed by atoms with E-state index < -0.39 is 9.84 Å². The molecule has 1 aliphatic rings. The molecule has 9 heteroatoms. The molecule has 1 aliphatic heterocycles. The van der Waals surface area contributed by atoms with Crippen LogP contribution in [0.2, 0.25) is 0 Å². The molecule has 25 heavy (non-hydrogen) atoms. The van der Waals surface area contributed by atoms with E-state index in [9.17, 15) is 13.2 Å². The van der Waals surface area contributed by atoms with Gasteiger partial charge in [-0.3, -0.25) is 9.48 Å². The first-order valence-corrected chi connectivity index (χ1v) is 9.80. The van der Waals surface area contributed by atoms with Gasteiger partial charge in [-0.1, -0.05) is 0 Å². The Morgan fingerprint density at radius 3 is 2.64 bits per heavy atom. The van der Waals surface area contributed by atoms with Gasteiger partial charge in [-0.2, -0.15) is 14.9 Å². The molecule has 0 saturated carbocycles. The van der Waals surface area contributed by atoms with Crippen LogP contribution in [0.1, 0.15) is 35.0 Å². The van der Waals surface area contributed by atoms with Gasteiger partial charge in [0.15, 0.2) is 9.84 Å². The van der Waals surface area contributed by atoms with E-state index in [4.69, 9.17) is 5.73 Å². The van der Waals surface area contributed by atoms with Crippen LogP contribution < -0.4 is 11.3 Å². The van der Waals surface area contributed by atoms with Crippen molar-refractivity contribution in [3.8, 4) is 0 Å². The minimum atomic E-state index is -2.99. The average Bonchev–Trinajstić information content (AvgIpc) is 2.99. The van der Waals surface area contributed by atoms with Gasteiger partial charge in [-0.05, 0) is 38.8 Å². The third-order valence-electron chi connectivity index (χ3n) is 4.42. The van der Waals surface area contributed by atoms with E-state index in [-0.39, 0.29) is 28.9 Å². The number of nitrogens with zero attached hydrogens (tertiary/aromatic N) is 4. The molecule has 3 rings (SSSR count). The van der Waals surface area contributed by atoms with Crippen molar-refractivity contribution >= 4 is 21.9 Å². The summed E-state index contributed by atoms with van der Waals surface area (Å²) in [4.78, 5) is 12.0. The van der Waals surface area contributed by atoms with Crippen molar-refractivity contribution in [2.75, 3.05) is 17.2 Å². The third-order valence-corrected chi connectivity index (χ3v) is 6.17. The largest absolute Gasteiger partial charge is 0.384 e. The second-order valence-electron chi connectivity index (χ2n) is 6.44. The van der Waals surface area contributed by atoms with Gasteiger partial charge in [0, 0.05) is 17.3 Å². The zero-order valence-corrected chi connectivity index (χ0v) is 15.2. The van der Waals surface area contributed by atoms with E-state index in [1.54, 1.807) is 23.9 Å². The number of hydrogen-bond acceptors (Lipinski definition) is 6. The number of rotatable bonds is 3. The number of nitrogen functional groups attached to an aromatic ring is 1. The maximum atomic E-state index is 12.0. The lowest BCUT2D eigenvalue weighted by Gasteiger charge is -2.10. The maximum Gasteiger partial charge on any atom is 0.273 e. The van der Waals surface area contributed by atoms with Crippen molar-refractivity contribution in [1.82, 2.24) is 14.5 Å². The molecule has 134 valence electrons. The van der Waals surface area contributed by atoms with E-state index in [2.05, 4.69) is 10.2 Å². The molecule has 0 bridgehead atoms. The summed E-state index contributed by atoms with van der Waals surface area (Å²) in [7, 11) is -2.99. The van der Waals surface area contributed by atoms with Gasteiger partial charge in [0.2, 0.25) is 0 Å². The van der Waals surface area contributed by atoms with Crippen LogP contribution in [0.15, 0.2) is 22.0 Å². The fraction of sp³-hybridized carbons (Fsp3) is 0.438. The molecule has 2 N–H and O–H groups in total. The molecular formula is C16H21N5O3S. The Morgan fingerprint density at radius 1 is 1.32 bits per heavy atom. The minimum Gasteiger partial charge on any atom is -0.384 e. The summed E-state index contributed by atoms with van der Waals surface area (Å²) in [5.41, 5.74) is 8.63. The fourth-order valence-corrected chi connectivity index (χ4v) is 4.84. The summed E-state index contributed by atoms with van der Waals surface area (Å²) in [5.74, 6) is 0.552. The lowest BCUT2D eigenvalue weighted by molar-refractivity contribution is 0.486. The van der Waals surface area contributed by atoms with Gasteiger partial charge < -0.3 is 5.73 Å². The van der Waals surface area contributed by atoms with Crippen LogP contribution in [0, 0.1) is 20.8 Å². The van der Waals surface area contributed by atoms with Crippen molar-refractivity contribution in [2.45, 2.75) is 33.2 Å². The van der Waals surface area contributed by atoms with Crippen molar-refractivity contribution in [3.63, 3.8) is 0 Å². The van der Waals surface area contributed by atoms with Crippen LogP contribution in [-0.2, 0) is 9.84 Å². The lowest BCUT2D eigenvalue weighted by atomic mass is 10.2. The van der Waals surface area contributed by atoms with Gasteiger partial charge >= 0.3 is 0 Å². The minimum absolute atomic E-state index is 0.107. The van der Waals surface area contributed by atoms with Crippen molar-refractivity contribution < 1.29 is 8.42 Å². The summed E-state index contributed by atoms with van der Waals surface area (Å²) in [6, 6.07) is 2.98. The second-order valence-corrected chi connectivity index (χ2v) is 8.67. The van der Waals surface area contributed by atoms with Crippen LogP contribution in [-0.4, -0.2) is 40.6 Å². The molecule has 0 amide bonds. The number of hydrogen-bond donors (Lipinski definition) is 1. The molecule has 0 spiro atoms. The number of sulfone groups is 1. The standard InChI is InChI=1S/C16H21N5O3S/c1-10-6-15(17)21(16(22)7-10)18-8-14-11(2)19-20(12(14)3)13-4-5-25(23,24)9-13/h6-8,13H,4-5,9,17H2,1-3H3/b18-8-/t13-/m0/s1. The SMILES string of the molecule is Cc1cc(N)n(/N=C\c2c(C)nn([C@H]3CCS(=O)(=O)C3)c2C)c(=O)c1. The second kappa shape index (κ2) is 6.14. The van der Waals surface area contributed by atoms with Gasteiger partial charge in [0.05, 0.1) is 29.5 Å². The summed E-state index contributed by atoms with van der Waals surface area (Å²) in [5, 5.41) is 8.66. The first-order chi connectivity index (χ1) is 11.7. The van der Waals surface area contributed by atoms with Crippen molar-refractivity contribution in [1.29, 1.82) is 0 Å². The van der Waals surface area contributed by atoms with Crippen LogP contribution in [0.4, 0.5) is 5.82 Å². The zero-order valence-electron chi connectivity index (χ0n) is 14.4. The normalized spacial score (nSPS) is 19.7. The number of pyridine rings is 1. The van der Waals surface area contributed by atoms with E-state index >= 15 is 0 Å². The molecule has 0 aliphatic carbocycles. The van der Waals surface area contributed by atoms with E-state index in [0.717, 1.165) is 27.2 Å². The molecule has 2 aromatic rings. The highest BCUT2D eigenvalue weighted by Crippen LogP contribution is 2.26. The topological polar surface area (TPSA) is 112 Å². The van der Waals surface area contributed by atoms with Crippen molar-refractivity contribution in [3.05, 3.63) is 45.0 Å². The lowest BCUT2D eigenvalue weighted by Crippen LogP contribution is -2.19. The summed E-state index contributed by atoms with van der Waals surface area (Å²) >= 11 is 0. The number of nitrogens with two attached hydrogens (primary N) is 1. The molecule has 2 aromatic heterocycles. The van der Waals surface area contributed by atoms with Crippen molar-refractivity contribution in [2.24, 2.45) is 5.10 Å². The van der Waals surface area contributed by atoms with Crippen LogP contribution in [0.5, 0.6) is 0 Å². The maximum absolute atomic E-state index is 12.0. The number of aryl methyl sites for hydroxylation is 2. The Morgan fingerprint density at radius 2 is 2.04 bits per heavy atom. The number of aromatic nitrogens is 3. The third kappa shape index (κ3) is 3.37. The summed E-state index contributed by atoms with van der Waals surface area (Å²) in [6.07, 6.45) is 2.11. The monoisotopic (exact) mass is 363 g/mol. The van der Waals surface area contributed by atoms with Crippen LogP contribution in [0.25, 0.3) is 0 Å². The Kier molecular flexibility index (Phi) is 4.28. The molecule has 0 aromatic carbocycles. The van der Waals surface area contributed by atoms with E-state index in [0.29, 0.717) is 6.42 Å². The van der Waals surface area contributed by atoms with Gasteiger partial charge in [0.25, 0.3) is 5.56 Å². The summed E-state index contributed by atoms with van der Waals surface area (Å²) in [6.45, 7) is 5.49. The molecule has 3 heterocycles. The zero-order chi connectivity index (χ0) is 18.4. The quantitative estimate of drug-likeness (QED) is 0.810. The van der Waals surface area contributed by atoms with Crippen LogP contribution in [0.3, 0.4) is 0 Å². The summed E-state index contributed by atoms with van der Waals surface area (Å²) < 4.78 is 26.3. The Hall–Kier alpha value is -2.42. The van der Waals surface area contributed by atoms with Crippen LogP contribution >= 0.6 is 0 Å². The predicted octanol–water partition coefficient (Wildman–Crippen LogP) is 0.794. The molecule has 1 atom stereocenters. The first kappa shape index (κ1) is 17.4. The van der Waals surface area contributed by atoms with Gasteiger partial charge in [-0.15, -0.1) is 0 Å². The Bertz CT molecular complexity index is 1020. The number of anilines is 1. The molecular weight excluding hydrogens is 342 g/mol. The predicted molar refractivity (Wildman–Crippen MR) is 96.9 cm³/mol.